The molecule has 0 aliphatic rings. The Kier molecular flexibility index (Phi) is 3.61. The third-order valence-corrected chi connectivity index (χ3v) is 2.11. The van der Waals surface area contributed by atoms with Crippen LogP contribution in [0.25, 0.3) is 0 Å². The van der Waals surface area contributed by atoms with Crippen LogP contribution in [-0.2, 0) is 0 Å². The van der Waals surface area contributed by atoms with E-state index in [1.165, 1.54) is 0 Å². The highest BCUT2D eigenvalue weighted by Gasteiger charge is 2.26. The number of anilines is 1. The van der Waals surface area contributed by atoms with Crippen LogP contribution in [0.15, 0.2) is 18.2 Å². The van der Waals surface area contributed by atoms with Crippen LogP contribution in [0.2, 0.25) is 0 Å². The van der Waals surface area contributed by atoms with Gasteiger partial charge in [0.2, 0.25) is 0 Å². The number of nitrogens with one attached hydrogen (secondary N) is 1. The van der Waals surface area contributed by atoms with Gasteiger partial charge in [-0.1, -0.05) is 17.7 Å². The minimum atomic E-state index is -4.09. The number of hydrogen-bond donors (Lipinski definition) is 1. The van der Waals surface area contributed by atoms with Gasteiger partial charge in [-0.3, -0.25) is 0 Å². The molecule has 0 aliphatic heterocycles. The lowest BCUT2D eigenvalue weighted by molar-refractivity contribution is -0.131. The summed E-state index contributed by atoms with van der Waals surface area (Å²) in [4.78, 5) is 0. The highest BCUT2D eigenvalue weighted by molar-refractivity contribution is 5.51. The molecule has 0 saturated carbocycles. The lowest BCUT2D eigenvalue weighted by Gasteiger charge is -2.11. The number of hydrogen-bond acceptors (Lipinski definition) is 1. The van der Waals surface area contributed by atoms with Crippen LogP contribution in [-0.4, -0.2) is 12.7 Å². The van der Waals surface area contributed by atoms with Crippen LogP contribution in [0.4, 0.5) is 18.9 Å². The van der Waals surface area contributed by atoms with E-state index in [9.17, 15) is 13.2 Å². The van der Waals surface area contributed by atoms with Crippen molar-refractivity contribution < 1.29 is 13.2 Å². The normalized spacial score (nSPS) is 11.5. The molecule has 4 heteroatoms. The number of halogens is 3. The second kappa shape index (κ2) is 4.55. The van der Waals surface area contributed by atoms with Crippen molar-refractivity contribution in [2.45, 2.75) is 26.4 Å². The summed E-state index contributed by atoms with van der Waals surface area (Å²) < 4.78 is 35.6. The van der Waals surface area contributed by atoms with E-state index in [2.05, 4.69) is 5.32 Å². The van der Waals surface area contributed by atoms with Gasteiger partial charge < -0.3 is 5.32 Å². The van der Waals surface area contributed by atoms with E-state index in [0.29, 0.717) is 0 Å². The van der Waals surface area contributed by atoms with Crippen LogP contribution < -0.4 is 5.32 Å². The molecule has 0 heterocycles. The van der Waals surface area contributed by atoms with Gasteiger partial charge in [0.05, 0.1) is 6.42 Å². The molecular formula is C11H14F3N. The molecule has 0 aliphatic carbocycles. The molecule has 1 aromatic rings. The molecular weight excluding hydrogens is 203 g/mol. The number of alkyl halides is 3. The summed E-state index contributed by atoms with van der Waals surface area (Å²) >= 11 is 0. The number of benzene rings is 1. The first-order valence-electron chi connectivity index (χ1n) is 4.76. The average molecular weight is 217 g/mol. The maximum atomic E-state index is 11.9. The van der Waals surface area contributed by atoms with Crippen molar-refractivity contribution >= 4 is 5.69 Å². The van der Waals surface area contributed by atoms with Crippen molar-refractivity contribution in [2.24, 2.45) is 0 Å². The molecule has 84 valence electrons. The molecule has 0 radical (unpaired) electrons. The predicted molar refractivity (Wildman–Crippen MR) is 55.1 cm³/mol. The summed E-state index contributed by atoms with van der Waals surface area (Å²) in [5.41, 5.74) is 2.84. The molecule has 1 rings (SSSR count). The van der Waals surface area contributed by atoms with Crippen LogP contribution in [0, 0.1) is 13.8 Å². The van der Waals surface area contributed by atoms with Gasteiger partial charge in [-0.05, 0) is 25.5 Å². The van der Waals surface area contributed by atoms with Crippen molar-refractivity contribution in [3.63, 3.8) is 0 Å². The molecule has 0 aromatic heterocycles. The fraction of sp³-hybridized carbons (Fsp3) is 0.455. The van der Waals surface area contributed by atoms with E-state index in [1.807, 2.05) is 26.0 Å². The third kappa shape index (κ3) is 4.23. The van der Waals surface area contributed by atoms with Gasteiger partial charge in [0, 0.05) is 12.2 Å². The summed E-state index contributed by atoms with van der Waals surface area (Å²) in [6, 6.07) is 5.62. The van der Waals surface area contributed by atoms with E-state index < -0.39 is 12.6 Å². The average Bonchev–Trinajstić information content (AvgIpc) is 2.07. The fourth-order valence-electron chi connectivity index (χ4n) is 1.35. The number of aryl methyl sites for hydroxylation is 2. The summed E-state index contributed by atoms with van der Waals surface area (Å²) in [6.45, 7) is 3.75. The van der Waals surface area contributed by atoms with Crippen molar-refractivity contribution in [2.75, 3.05) is 11.9 Å². The molecule has 0 amide bonds. The summed E-state index contributed by atoms with van der Waals surface area (Å²) in [5, 5.41) is 2.78. The molecule has 0 unspecified atom stereocenters. The zero-order chi connectivity index (χ0) is 11.5. The Balaban J connectivity index is 2.51. The van der Waals surface area contributed by atoms with Gasteiger partial charge in [0.15, 0.2) is 0 Å². The number of rotatable bonds is 3. The van der Waals surface area contributed by atoms with Crippen LogP contribution in [0.3, 0.4) is 0 Å². The van der Waals surface area contributed by atoms with E-state index in [0.717, 1.165) is 16.8 Å². The zero-order valence-corrected chi connectivity index (χ0v) is 8.78. The monoisotopic (exact) mass is 217 g/mol. The van der Waals surface area contributed by atoms with Crippen LogP contribution in [0.1, 0.15) is 17.5 Å². The Morgan fingerprint density at radius 1 is 1.20 bits per heavy atom. The predicted octanol–water partition coefficient (Wildman–Crippen LogP) is 3.67. The van der Waals surface area contributed by atoms with E-state index >= 15 is 0 Å². The lowest BCUT2D eigenvalue weighted by atomic mass is 10.1. The molecule has 0 spiro atoms. The topological polar surface area (TPSA) is 12.0 Å². The first-order valence-corrected chi connectivity index (χ1v) is 4.76. The summed E-state index contributed by atoms with van der Waals surface area (Å²) in [7, 11) is 0. The minimum absolute atomic E-state index is 0.0760. The maximum Gasteiger partial charge on any atom is 0.390 e. The van der Waals surface area contributed by atoms with Crippen LogP contribution in [0.5, 0.6) is 0 Å². The van der Waals surface area contributed by atoms with Crippen molar-refractivity contribution in [3.05, 3.63) is 29.3 Å². The van der Waals surface area contributed by atoms with E-state index in [1.54, 1.807) is 6.07 Å². The smallest absolute Gasteiger partial charge is 0.384 e. The quantitative estimate of drug-likeness (QED) is 0.814. The minimum Gasteiger partial charge on any atom is -0.384 e. The molecule has 1 N–H and O–H groups in total. The maximum absolute atomic E-state index is 11.9. The second-order valence-corrected chi connectivity index (χ2v) is 3.61. The summed E-state index contributed by atoms with van der Waals surface area (Å²) in [5.74, 6) is 0. The van der Waals surface area contributed by atoms with Crippen LogP contribution >= 0.6 is 0 Å². The Bertz CT molecular complexity index is 331. The standard InChI is InChI=1S/C11H14F3N/c1-8-3-4-10(9(2)7-8)15-6-5-11(12,13)14/h3-4,7,15H,5-6H2,1-2H3. The molecule has 0 atom stereocenters. The zero-order valence-electron chi connectivity index (χ0n) is 8.78. The van der Waals surface area contributed by atoms with Gasteiger partial charge in [-0.25, -0.2) is 0 Å². The largest absolute Gasteiger partial charge is 0.390 e. The first-order chi connectivity index (χ1) is 6.88. The van der Waals surface area contributed by atoms with E-state index in [-0.39, 0.29) is 6.54 Å². The Morgan fingerprint density at radius 3 is 2.40 bits per heavy atom. The Morgan fingerprint density at radius 2 is 1.87 bits per heavy atom. The molecule has 0 saturated heterocycles. The molecule has 1 aromatic carbocycles. The van der Waals surface area contributed by atoms with Gasteiger partial charge in [-0.15, -0.1) is 0 Å². The second-order valence-electron chi connectivity index (χ2n) is 3.61. The van der Waals surface area contributed by atoms with E-state index in [4.69, 9.17) is 0 Å². The highest BCUT2D eigenvalue weighted by Crippen LogP contribution is 2.21. The Hall–Kier alpha value is -1.19. The van der Waals surface area contributed by atoms with Gasteiger partial charge in [0.1, 0.15) is 0 Å². The van der Waals surface area contributed by atoms with Crippen molar-refractivity contribution in [1.29, 1.82) is 0 Å². The van der Waals surface area contributed by atoms with Crippen molar-refractivity contribution in [1.82, 2.24) is 0 Å². The fourth-order valence-corrected chi connectivity index (χ4v) is 1.35. The Labute approximate surface area is 87.3 Å². The SMILES string of the molecule is Cc1ccc(NCCC(F)(F)F)c(C)c1. The third-order valence-electron chi connectivity index (χ3n) is 2.11. The summed E-state index contributed by atoms with van der Waals surface area (Å²) in [6.07, 6.45) is -4.90. The molecule has 0 fully saturated rings. The van der Waals surface area contributed by atoms with Crippen molar-refractivity contribution in [3.8, 4) is 0 Å². The molecule has 1 nitrogen and oxygen atoms in total. The van der Waals surface area contributed by atoms with Gasteiger partial charge in [-0.2, -0.15) is 13.2 Å². The van der Waals surface area contributed by atoms with Gasteiger partial charge in [0.25, 0.3) is 0 Å². The lowest BCUT2D eigenvalue weighted by Crippen LogP contribution is -2.14. The van der Waals surface area contributed by atoms with Gasteiger partial charge >= 0.3 is 6.18 Å². The first kappa shape index (κ1) is 11.9. The highest BCUT2D eigenvalue weighted by atomic mass is 19.4. The molecule has 15 heavy (non-hydrogen) atoms. The molecule has 0 bridgehead atoms.